The minimum absolute atomic E-state index is 0. The van der Waals surface area contributed by atoms with Crippen LogP contribution in [-0.2, 0) is 16.7 Å². The molecule has 1 aliphatic rings. The van der Waals surface area contributed by atoms with Crippen LogP contribution in [0.1, 0.15) is 39.5 Å². The Labute approximate surface area is 189 Å². The van der Waals surface area contributed by atoms with Crippen molar-refractivity contribution >= 4 is 41.3 Å². The van der Waals surface area contributed by atoms with E-state index >= 15 is 0 Å². The van der Waals surface area contributed by atoms with Crippen LogP contribution in [-0.4, -0.2) is 37.7 Å². The van der Waals surface area contributed by atoms with E-state index in [2.05, 4.69) is 65.6 Å². The van der Waals surface area contributed by atoms with Gasteiger partial charge in [-0.3, -0.25) is 4.99 Å². The van der Waals surface area contributed by atoms with Gasteiger partial charge in [0.2, 0.25) is 0 Å². The molecule has 0 radical (unpaired) electrons. The molecule has 1 aromatic heterocycles. The van der Waals surface area contributed by atoms with Gasteiger partial charge in [-0.15, -0.1) is 35.3 Å². The molecule has 0 bridgehead atoms. The second kappa shape index (κ2) is 10.5. The lowest BCUT2D eigenvalue weighted by Crippen LogP contribution is -2.48. The fraction of sp³-hybridized carbons (Fsp3) is 0.524. The highest BCUT2D eigenvalue weighted by Crippen LogP contribution is 2.36. The fourth-order valence-electron chi connectivity index (χ4n) is 3.72. The Bertz CT molecular complexity index is 780. The normalized spacial score (nSPS) is 16.4. The number of benzene rings is 1. The van der Waals surface area contributed by atoms with E-state index in [-0.39, 0.29) is 29.4 Å². The van der Waals surface area contributed by atoms with Crippen molar-refractivity contribution in [1.29, 1.82) is 0 Å². The minimum Gasteiger partial charge on any atom is -0.381 e. The SMILES string of the molecule is CN=C(NCc1nc(C)c(C)s1)NCC1(c2ccccc2C)CCOCC1.I. The van der Waals surface area contributed by atoms with Gasteiger partial charge in [-0.1, -0.05) is 24.3 Å². The molecule has 0 spiro atoms. The Balaban J connectivity index is 0.00000280. The number of hydrogen-bond donors (Lipinski definition) is 2. The zero-order chi connectivity index (χ0) is 19.3. The smallest absolute Gasteiger partial charge is 0.191 e. The molecule has 7 heteroatoms. The first-order chi connectivity index (χ1) is 13.0. The molecule has 1 aromatic carbocycles. The zero-order valence-corrected chi connectivity index (χ0v) is 20.3. The lowest BCUT2D eigenvalue weighted by Gasteiger charge is -2.39. The van der Waals surface area contributed by atoms with Gasteiger partial charge in [0.15, 0.2) is 5.96 Å². The maximum atomic E-state index is 5.66. The molecule has 2 aromatic rings. The zero-order valence-electron chi connectivity index (χ0n) is 17.2. The Hall–Kier alpha value is -1.19. The van der Waals surface area contributed by atoms with E-state index in [0.29, 0.717) is 6.54 Å². The van der Waals surface area contributed by atoms with Crippen molar-refractivity contribution in [3.8, 4) is 0 Å². The van der Waals surface area contributed by atoms with Crippen LogP contribution >= 0.6 is 35.3 Å². The van der Waals surface area contributed by atoms with Crippen LogP contribution in [0.15, 0.2) is 29.3 Å². The van der Waals surface area contributed by atoms with Gasteiger partial charge in [0, 0.05) is 37.1 Å². The first-order valence-electron chi connectivity index (χ1n) is 9.55. The first kappa shape index (κ1) is 23.1. The number of rotatable bonds is 5. The summed E-state index contributed by atoms with van der Waals surface area (Å²) in [6, 6.07) is 8.71. The van der Waals surface area contributed by atoms with Gasteiger partial charge < -0.3 is 15.4 Å². The van der Waals surface area contributed by atoms with Crippen LogP contribution in [0, 0.1) is 20.8 Å². The molecule has 154 valence electrons. The predicted octanol–water partition coefficient (Wildman–Crippen LogP) is 4.10. The van der Waals surface area contributed by atoms with Gasteiger partial charge in [0.25, 0.3) is 0 Å². The van der Waals surface area contributed by atoms with Crippen LogP contribution in [0.3, 0.4) is 0 Å². The van der Waals surface area contributed by atoms with Gasteiger partial charge in [0.1, 0.15) is 5.01 Å². The molecule has 1 fully saturated rings. The van der Waals surface area contributed by atoms with E-state index in [1.54, 1.807) is 11.3 Å². The number of nitrogens with zero attached hydrogens (tertiary/aromatic N) is 2. The number of aromatic nitrogens is 1. The van der Waals surface area contributed by atoms with Crippen molar-refractivity contribution in [3.63, 3.8) is 0 Å². The summed E-state index contributed by atoms with van der Waals surface area (Å²) in [6.07, 6.45) is 2.04. The molecule has 2 N–H and O–H groups in total. The van der Waals surface area contributed by atoms with Gasteiger partial charge in [-0.2, -0.15) is 0 Å². The summed E-state index contributed by atoms with van der Waals surface area (Å²) in [4.78, 5) is 10.3. The van der Waals surface area contributed by atoms with Crippen LogP contribution in [0.25, 0.3) is 0 Å². The molecular weight excluding hydrogens is 483 g/mol. The molecule has 3 rings (SSSR count). The van der Waals surface area contributed by atoms with Gasteiger partial charge in [-0.25, -0.2) is 4.98 Å². The van der Waals surface area contributed by atoms with E-state index in [9.17, 15) is 0 Å². The molecule has 0 unspecified atom stereocenters. The van der Waals surface area contributed by atoms with Crippen molar-refractivity contribution in [2.45, 2.75) is 45.6 Å². The molecule has 0 atom stereocenters. The van der Waals surface area contributed by atoms with Gasteiger partial charge in [-0.05, 0) is 44.7 Å². The highest BCUT2D eigenvalue weighted by atomic mass is 127. The average molecular weight is 514 g/mol. The third kappa shape index (κ3) is 5.45. The predicted molar refractivity (Wildman–Crippen MR) is 128 cm³/mol. The summed E-state index contributed by atoms with van der Waals surface area (Å²) in [7, 11) is 1.82. The highest BCUT2D eigenvalue weighted by molar-refractivity contribution is 14.0. The number of aliphatic imine (C=N–C) groups is 1. The summed E-state index contributed by atoms with van der Waals surface area (Å²) in [6.45, 7) is 9.52. The second-order valence-corrected chi connectivity index (χ2v) is 8.52. The summed E-state index contributed by atoms with van der Waals surface area (Å²) in [5.74, 6) is 0.819. The van der Waals surface area contributed by atoms with E-state index < -0.39 is 0 Å². The number of thiazole rings is 1. The quantitative estimate of drug-likeness (QED) is 0.359. The largest absolute Gasteiger partial charge is 0.381 e. The number of guanidine groups is 1. The van der Waals surface area contributed by atoms with Crippen LogP contribution in [0.2, 0.25) is 0 Å². The molecule has 1 aliphatic heterocycles. The van der Waals surface area contributed by atoms with Crippen molar-refractivity contribution in [2.75, 3.05) is 26.8 Å². The van der Waals surface area contributed by atoms with E-state index in [1.165, 1.54) is 16.0 Å². The van der Waals surface area contributed by atoms with E-state index in [1.807, 2.05) is 7.05 Å². The molecule has 0 aliphatic carbocycles. The van der Waals surface area contributed by atoms with Crippen molar-refractivity contribution in [1.82, 2.24) is 15.6 Å². The maximum absolute atomic E-state index is 5.66. The first-order valence-corrected chi connectivity index (χ1v) is 10.4. The van der Waals surface area contributed by atoms with Crippen molar-refractivity contribution in [3.05, 3.63) is 51.0 Å². The second-order valence-electron chi connectivity index (χ2n) is 7.24. The fourth-order valence-corrected chi connectivity index (χ4v) is 4.59. The Kier molecular flexibility index (Phi) is 8.70. The molecule has 2 heterocycles. The van der Waals surface area contributed by atoms with Crippen LogP contribution < -0.4 is 10.6 Å². The van der Waals surface area contributed by atoms with E-state index in [4.69, 9.17) is 4.74 Å². The lowest BCUT2D eigenvalue weighted by atomic mass is 9.72. The molecule has 0 amide bonds. The van der Waals surface area contributed by atoms with Gasteiger partial charge >= 0.3 is 0 Å². The Morgan fingerprint density at radius 3 is 2.50 bits per heavy atom. The van der Waals surface area contributed by atoms with Crippen molar-refractivity contribution in [2.24, 2.45) is 4.99 Å². The maximum Gasteiger partial charge on any atom is 0.191 e. The third-order valence-corrected chi connectivity index (χ3v) is 6.54. The van der Waals surface area contributed by atoms with Gasteiger partial charge in [0.05, 0.1) is 12.2 Å². The lowest BCUT2D eigenvalue weighted by molar-refractivity contribution is 0.0512. The van der Waals surface area contributed by atoms with Crippen LogP contribution in [0.4, 0.5) is 0 Å². The number of halogens is 1. The highest BCUT2D eigenvalue weighted by Gasteiger charge is 2.35. The summed E-state index contributed by atoms with van der Waals surface area (Å²) >= 11 is 1.74. The van der Waals surface area contributed by atoms with Crippen molar-refractivity contribution < 1.29 is 4.74 Å². The Morgan fingerprint density at radius 1 is 1.18 bits per heavy atom. The summed E-state index contributed by atoms with van der Waals surface area (Å²) in [5.41, 5.74) is 3.95. The molecule has 1 saturated heterocycles. The minimum atomic E-state index is 0. The molecule has 0 saturated carbocycles. The number of ether oxygens (including phenoxy) is 1. The Morgan fingerprint density at radius 2 is 1.89 bits per heavy atom. The molecule has 28 heavy (non-hydrogen) atoms. The number of hydrogen-bond acceptors (Lipinski definition) is 4. The monoisotopic (exact) mass is 514 g/mol. The van der Waals surface area contributed by atoms with Crippen LogP contribution in [0.5, 0.6) is 0 Å². The topological polar surface area (TPSA) is 58.5 Å². The number of aryl methyl sites for hydroxylation is 3. The summed E-state index contributed by atoms with van der Waals surface area (Å²) < 4.78 is 5.66. The standard InChI is InChI=1S/C21H30N4OS.HI/c1-15-7-5-6-8-18(15)21(9-11-26-12-10-21)14-24-20(22-4)23-13-19-25-16(2)17(3)27-19;/h5-8H,9-14H2,1-4H3,(H2,22,23,24);1H. The molecule has 5 nitrogen and oxygen atoms in total. The third-order valence-electron chi connectivity index (χ3n) is 5.46. The number of nitrogens with one attached hydrogen (secondary N) is 2. The van der Waals surface area contributed by atoms with E-state index in [0.717, 1.165) is 49.3 Å². The molecular formula is C21H31IN4OS. The average Bonchev–Trinajstić information content (AvgIpc) is 3.00. The summed E-state index contributed by atoms with van der Waals surface area (Å²) in [5, 5.41) is 8.05.